The van der Waals surface area contributed by atoms with Gasteiger partial charge in [-0.1, -0.05) is 23.8 Å². The van der Waals surface area contributed by atoms with Gasteiger partial charge in [0.2, 0.25) is 0 Å². The number of carbonyl (C=O) groups excluding carboxylic acids is 3. The summed E-state index contributed by atoms with van der Waals surface area (Å²) in [6, 6.07) is 0. The van der Waals surface area contributed by atoms with Crippen LogP contribution >= 0.6 is 0 Å². The number of rotatable bonds is 3. The molecule has 1 aliphatic carbocycles. The van der Waals surface area contributed by atoms with Crippen molar-refractivity contribution in [1.82, 2.24) is 0 Å². The molecule has 0 amide bonds. The number of hydrogen-bond donors (Lipinski definition) is 0. The summed E-state index contributed by atoms with van der Waals surface area (Å²) in [5, 5.41) is 1.19. The third-order valence-corrected chi connectivity index (χ3v) is 2.10. The molecule has 0 saturated carbocycles. The molecule has 0 spiro atoms. The first-order chi connectivity index (χ1) is 6.24. The molecule has 1 radical (unpaired) electrons. The van der Waals surface area contributed by atoms with Crippen molar-refractivity contribution >= 4 is 15.6 Å². The van der Waals surface area contributed by atoms with Crippen LogP contribution in [0.15, 0.2) is 23.8 Å². The molecule has 0 heterocycles. The van der Waals surface area contributed by atoms with Crippen LogP contribution < -0.4 is 0 Å². The predicted octanol–water partition coefficient (Wildman–Crippen LogP) is 0.882. The van der Waals surface area contributed by atoms with E-state index in [9.17, 15) is 14.4 Å². The predicted molar refractivity (Wildman–Crippen MR) is 47.4 cm³/mol. The van der Waals surface area contributed by atoms with Gasteiger partial charge in [-0.2, -0.15) is 0 Å². The molecule has 0 aromatic carbocycles. The fraction of sp³-hybridized carbons (Fsp3) is 0.111. The maximum atomic E-state index is 9.55. The van der Waals surface area contributed by atoms with E-state index < -0.39 is 13.9 Å². The summed E-state index contributed by atoms with van der Waals surface area (Å²) in [5.41, 5.74) is 1.34. The Morgan fingerprint density at radius 3 is 1.69 bits per heavy atom. The van der Waals surface area contributed by atoms with Crippen molar-refractivity contribution in [2.75, 3.05) is 0 Å². The van der Waals surface area contributed by atoms with Gasteiger partial charge < -0.3 is 0 Å². The molecular weight excluding hydrogens is 211 g/mol. The summed E-state index contributed by atoms with van der Waals surface area (Å²) in [5.74, 6) is 0. The van der Waals surface area contributed by atoms with Crippen molar-refractivity contribution in [3.8, 4) is 0 Å². The first kappa shape index (κ1) is 12.0. The van der Waals surface area contributed by atoms with Gasteiger partial charge in [0.15, 0.2) is 0 Å². The van der Waals surface area contributed by atoms with E-state index in [0.717, 1.165) is 0 Å². The zero-order chi connectivity index (χ0) is 10.1. The number of allylic oxidation sites excluding steroid dienone is 4. The first-order valence-corrected chi connectivity index (χ1v) is 5.48. The molecule has 0 aliphatic heterocycles. The second-order valence-corrected chi connectivity index (χ2v) is 4.12. The molecule has 71 valence electrons. The van der Waals surface area contributed by atoms with Gasteiger partial charge in [0.1, 0.15) is 0 Å². The number of hydrogen-bond acceptors (Lipinski definition) is 3. The van der Waals surface area contributed by atoms with E-state index in [2.05, 4.69) is 19.4 Å². The Morgan fingerprint density at radius 1 is 1.08 bits per heavy atom. The average Bonchev–Trinajstić information content (AvgIpc) is 2.60. The standard InChI is InChI=1S/C6H7.3CHO.Mn/c1-6-4-2-3-5-6;3*1-2;/h2-5H,1H3;3*1H;. The monoisotopic (exact) mass is 221 g/mol. The van der Waals surface area contributed by atoms with Crippen LogP contribution in [0.1, 0.15) is 6.92 Å². The van der Waals surface area contributed by atoms with E-state index in [1.165, 1.54) is 5.57 Å². The fourth-order valence-electron chi connectivity index (χ4n) is 0.533. The first-order valence-electron chi connectivity index (χ1n) is 3.44. The second kappa shape index (κ2) is 7.65. The molecule has 0 aromatic rings. The van der Waals surface area contributed by atoms with Crippen LogP contribution in [0.2, 0.25) is 0 Å². The minimum absolute atomic E-state index is 0.396. The molecule has 0 N–H and O–H groups in total. The summed E-state index contributed by atoms with van der Waals surface area (Å²) < 4.78 is 0. The quantitative estimate of drug-likeness (QED) is 0.525. The minimum atomic E-state index is -1.92. The van der Waals surface area contributed by atoms with Crippen molar-refractivity contribution in [2.45, 2.75) is 6.92 Å². The van der Waals surface area contributed by atoms with Crippen LogP contribution in [0.4, 0.5) is 0 Å². The van der Waals surface area contributed by atoms with Crippen molar-refractivity contribution < 1.29 is 28.3 Å². The molecule has 4 heteroatoms. The zero-order valence-electron chi connectivity index (χ0n) is 7.14. The molecule has 0 aromatic heterocycles. The van der Waals surface area contributed by atoms with E-state index in [4.69, 9.17) is 0 Å². The van der Waals surface area contributed by atoms with Crippen LogP contribution in [-0.4, -0.2) is 15.6 Å². The van der Waals surface area contributed by atoms with Crippen LogP contribution in [0.5, 0.6) is 0 Å². The zero-order valence-corrected chi connectivity index (χ0v) is 8.32. The van der Waals surface area contributed by atoms with Gasteiger partial charge >= 0.3 is 43.8 Å². The second-order valence-electron chi connectivity index (χ2n) is 2.11. The van der Waals surface area contributed by atoms with Crippen molar-refractivity contribution in [2.24, 2.45) is 0 Å². The maximum absolute atomic E-state index is 9.55. The van der Waals surface area contributed by atoms with Gasteiger partial charge in [-0.3, -0.25) is 0 Å². The van der Waals surface area contributed by atoms with Gasteiger partial charge in [0.25, 0.3) is 0 Å². The van der Waals surface area contributed by atoms with E-state index in [1.54, 1.807) is 0 Å². The third kappa shape index (κ3) is 6.20. The number of carbonyl (C=O) groups is 3. The third-order valence-electron chi connectivity index (χ3n) is 1.14. The Balaban J connectivity index is 0.000000223. The molecule has 0 saturated heterocycles. The van der Waals surface area contributed by atoms with Crippen LogP contribution in [0.25, 0.3) is 0 Å². The van der Waals surface area contributed by atoms with Crippen molar-refractivity contribution in [1.29, 1.82) is 0 Å². The summed E-state index contributed by atoms with van der Waals surface area (Å²) in [4.78, 5) is 28.7. The van der Waals surface area contributed by atoms with E-state index >= 15 is 0 Å². The molecule has 13 heavy (non-hydrogen) atoms. The van der Waals surface area contributed by atoms with E-state index in [-0.39, 0.29) is 0 Å². The van der Waals surface area contributed by atoms with Crippen LogP contribution in [0.3, 0.4) is 0 Å². The molecule has 0 unspecified atom stereocenters. The summed E-state index contributed by atoms with van der Waals surface area (Å²) in [6.45, 7) is 2.08. The van der Waals surface area contributed by atoms with Crippen LogP contribution in [-0.2, 0) is 28.3 Å². The van der Waals surface area contributed by atoms with Gasteiger partial charge in [-0.05, 0) is 6.92 Å². The van der Waals surface area contributed by atoms with Gasteiger partial charge in [-0.15, -0.1) is 0 Å². The Morgan fingerprint density at radius 2 is 1.62 bits per heavy atom. The molecule has 0 bridgehead atoms. The van der Waals surface area contributed by atoms with Gasteiger partial charge in [-0.25, -0.2) is 0 Å². The Kier molecular flexibility index (Phi) is 7.07. The van der Waals surface area contributed by atoms with Crippen molar-refractivity contribution in [3.05, 3.63) is 30.2 Å². The topological polar surface area (TPSA) is 51.2 Å². The molecule has 0 atom stereocenters. The molecule has 1 aliphatic rings. The fourth-order valence-corrected chi connectivity index (χ4v) is 0.730. The molecular formula is C9H10MnO3. The van der Waals surface area contributed by atoms with E-state index in [0.29, 0.717) is 15.6 Å². The Bertz CT molecular complexity index is 224. The Labute approximate surface area is 81.4 Å². The molecule has 3 nitrogen and oxygen atoms in total. The summed E-state index contributed by atoms with van der Waals surface area (Å²) in [7, 11) is 0. The molecule has 1 rings (SSSR count). The average molecular weight is 221 g/mol. The summed E-state index contributed by atoms with van der Waals surface area (Å²) in [6.07, 6.45) is 8.24. The van der Waals surface area contributed by atoms with Crippen LogP contribution in [0, 0.1) is 6.42 Å². The normalized spacial score (nSPS) is 13.6. The Hall–Kier alpha value is -0.991. The van der Waals surface area contributed by atoms with Gasteiger partial charge in [0, 0.05) is 6.42 Å². The van der Waals surface area contributed by atoms with Gasteiger partial charge in [0.05, 0.1) is 0 Å². The van der Waals surface area contributed by atoms with Crippen molar-refractivity contribution in [3.63, 3.8) is 0 Å². The van der Waals surface area contributed by atoms with E-state index in [1.807, 2.05) is 12.2 Å². The SMILES string of the molecule is CC1=CC=C[CH]1.O=[CH][Mn]([CH]=O)[CH]=O. The molecule has 0 fully saturated rings. The summed E-state index contributed by atoms with van der Waals surface area (Å²) >= 11 is -1.92.